The summed E-state index contributed by atoms with van der Waals surface area (Å²) in [6.07, 6.45) is 6.71. The van der Waals surface area contributed by atoms with Gasteiger partial charge in [-0.15, -0.1) is 0 Å². The molecule has 3 atom stereocenters. The highest BCUT2D eigenvalue weighted by atomic mass is 16.4. The zero-order chi connectivity index (χ0) is 12.0. The third kappa shape index (κ3) is 1.87. The summed E-state index contributed by atoms with van der Waals surface area (Å²) in [6, 6.07) is 0. The number of hydrogen-bond acceptors (Lipinski definition) is 1. The molecule has 2 fully saturated rings. The monoisotopic (exact) mass is 224 g/mol. The van der Waals surface area contributed by atoms with Gasteiger partial charge in [-0.25, -0.2) is 0 Å². The van der Waals surface area contributed by atoms with Gasteiger partial charge in [0.1, 0.15) is 0 Å². The third-order valence-electron chi connectivity index (χ3n) is 5.22. The highest BCUT2D eigenvalue weighted by molar-refractivity contribution is 5.70. The van der Waals surface area contributed by atoms with Gasteiger partial charge < -0.3 is 5.11 Å². The highest BCUT2D eigenvalue weighted by Crippen LogP contribution is 2.58. The van der Waals surface area contributed by atoms with Gasteiger partial charge in [-0.05, 0) is 48.9 Å². The van der Waals surface area contributed by atoms with E-state index in [2.05, 4.69) is 20.8 Å². The van der Waals surface area contributed by atoms with Crippen molar-refractivity contribution in [2.75, 3.05) is 0 Å². The molecule has 2 heteroatoms. The molecule has 1 N–H and O–H groups in total. The van der Waals surface area contributed by atoms with Crippen molar-refractivity contribution in [3.63, 3.8) is 0 Å². The lowest BCUT2D eigenvalue weighted by atomic mass is 9.50. The van der Waals surface area contributed by atoms with Crippen molar-refractivity contribution in [2.45, 2.75) is 59.3 Å². The standard InChI is InChI=1S/C14H24O2/c1-13(2)7-4-8-14(3)9-10(12(15)16)5-6-11(13)14/h10-11H,4-9H2,1-3H3,(H,15,16). The highest BCUT2D eigenvalue weighted by Gasteiger charge is 2.50. The van der Waals surface area contributed by atoms with Crippen LogP contribution < -0.4 is 0 Å². The molecule has 0 amide bonds. The van der Waals surface area contributed by atoms with Crippen LogP contribution in [0.5, 0.6) is 0 Å². The molecule has 3 unspecified atom stereocenters. The van der Waals surface area contributed by atoms with E-state index in [-0.39, 0.29) is 11.3 Å². The summed E-state index contributed by atoms with van der Waals surface area (Å²) in [4.78, 5) is 11.1. The number of carbonyl (C=O) groups is 1. The molecule has 2 nitrogen and oxygen atoms in total. The number of carboxylic acids is 1. The molecule has 2 aliphatic carbocycles. The Morgan fingerprint density at radius 1 is 1.19 bits per heavy atom. The van der Waals surface area contributed by atoms with Crippen molar-refractivity contribution in [3.8, 4) is 0 Å². The van der Waals surface area contributed by atoms with Crippen molar-refractivity contribution in [1.29, 1.82) is 0 Å². The Morgan fingerprint density at radius 3 is 2.50 bits per heavy atom. The van der Waals surface area contributed by atoms with Crippen LogP contribution in [0.1, 0.15) is 59.3 Å². The summed E-state index contributed by atoms with van der Waals surface area (Å²) in [6.45, 7) is 7.07. The van der Waals surface area contributed by atoms with Gasteiger partial charge in [-0.3, -0.25) is 4.79 Å². The van der Waals surface area contributed by atoms with Gasteiger partial charge in [-0.1, -0.05) is 27.2 Å². The van der Waals surface area contributed by atoms with Crippen molar-refractivity contribution in [2.24, 2.45) is 22.7 Å². The van der Waals surface area contributed by atoms with Crippen molar-refractivity contribution >= 4 is 5.97 Å². The maximum absolute atomic E-state index is 11.1. The maximum atomic E-state index is 11.1. The Kier molecular flexibility index (Phi) is 2.80. The predicted octanol–water partition coefficient (Wildman–Crippen LogP) is 3.70. The first-order chi connectivity index (χ1) is 7.35. The lowest BCUT2D eigenvalue weighted by Crippen LogP contribution is -2.47. The normalized spacial score (nSPS) is 42.4. The zero-order valence-electron chi connectivity index (χ0n) is 10.8. The summed E-state index contributed by atoms with van der Waals surface area (Å²) in [5.41, 5.74) is 0.694. The molecule has 2 rings (SSSR count). The Balaban J connectivity index is 2.19. The second kappa shape index (κ2) is 3.75. The minimum atomic E-state index is -0.581. The fraction of sp³-hybridized carbons (Fsp3) is 0.929. The van der Waals surface area contributed by atoms with Crippen LogP contribution in [0.15, 0.2) is 0 Å². The first-order valence-corrected chi connectivity index (χ1v) is 6.58. The fourth-order valence-corrected chi connectivity index (χ4v) is 4.47. The smallest absolute Gasteiger partial charge is 0.306 e. The van der Waals surface area contributed by atoms with Gasteiger partial charge >= 0.3 is 5.97 Å². The summed E-state index contributed by atoms with van der Waals surface area (Å²) < 4.78 is 0. The summed E-state index contributed by atoms with van der Waals surface area (Å²) in [7, 11) is 0. The third-order valence-corrected chi connectivity index (χ3v) is 5.22. The number of hydrogen-bond donors (Lipinski definition) is 1. The van der Waals surface area contributed by atoms with Crippen molar-refractivity contribution in [3.05, 3.63) is 0 Å². The Bertz CT molecular complexity index is 295. The average molecular weight is 224 g/mol. The molecular weight excluding hydrogens is 200 g/mol. The van der Waals surface area contributed by atoms with E-state index in [1.165, 1.54) is 19.3 Å². The van der Waals surface area contributed by atoms with Crippen LogP contribution in [-0.4, -0.2) is 11.1 Å². The predicted molar refractivity (Wildman–Crippen MR) is 64.2 cm³/mol. The van der Waals surface area contributed by atoms with Crippen molar-refractivity contribution < 1.29 is 9.90 Å². The number of rotatable bonds is 1. The number of fused-ring (bicyclic) bond motifs is 1. The molecule has 0 aromatic rings. The summed E-state index contributed by atoms with van der Waals surface area (Å²) in [5.74, 6) is 0.0579. The van der Waals surface area contributed by atoms with Crippen LogP contribution in [-0.2, 0) is 4.79 Å². The van der Waals surface area contributed by atoms with E-state index in [0.29, 0.717) is 5.41 Å². The molecule has 0 heterocycles. The Morgan fingerprint density at radius 2 is 1.88 bits per heavy atom. The van der Waals surface area contributed by atoms with Crippen molar-refractivity contribution in [1.82, 2.24) is 0 Å². The minimum absolute atomic E-state index is 0.0878. The topological polar surface area (TPSA) is 37.3 Å². The van der Waals surface area contributed by atoms with E-state index in [4.69, 9.17) is 0 Å². The Labute approximate surface area is 98.4 Å². The molecule has 0 aromatic carbocycles. The molecule has 0 aliphatic heterocycles. The van der Waals surface area contributed by atoms with Gasteiger partial charge in [0.05, 0.1) is 5.92 Å². The van der Waals surface area contributed by atoms with Gasteiger partial charge in [-0.2, -0.15) is 0 Å². The van der Waals surface area contributed by atoms with Gasteiger partial charge in [0.15, 0.2) is 0 Å². The molecule has 0 bridgehead atoms. The molecule has 0 saturated heterocycles. The minimum Gasteiger partial charge on any atom is -0.481 e. The van der Waals surface area contributed by atoms with E-state index in [1.54, 1.807) is 0 Å². The molecule has 92 valence electrons. The van der Waals surface area contributed by atoms with Crippen LogP contribution in [0, 0.1) is 22.7 Å². The van der Waals surface area contributed by atoms with Crippen LogP contribution in [0.25, 0.3) is 0 Å². The average Bonchev–Trinajstić information content (AvgIpc) is 2.15. The Hall–Kier alpha value is -0.530. The number of carboxylic acid groups (broad SMARTS) is 1. The van der Waals surface area contributed by atoms with E-state index in [1.807, 2.05) is 0 Å². The zero-order valence-corrected chi connectivity index (χ0v) is 10.8. The first-order valence-electron chi connectivity index (χ1n) is 6.58. The fourth-order valence-electron chi connectivity index (χ4n) is 4.47. The van der Waals surface area contributed by atoms with E-state index < -0.39 is 5.97 Å². The lowest BCUT2D eigenvalue weighted by Gasteiger charge is -2.54. The van der Waals surface area contributed by atoms with Gasteiger partial charge in [0, 0.05) is 0 Å². The van der Waals surface area contributed by atoms with Crippen LogP contribution in [0.3, 0.4) is 0 Å². The molecule has 2 aliphatic rings. The SMILES string of the molecule is CC1(C)CCCC2(C)CC(C(=O)O)CCC12. The number of aliphatic carboxylic acids is 1. The molecule has 16 heavy (non-hydrogen) atoms. The second-order valence-electron chi connectivity index (χ2n) is 6.87. The van der Waals surface area contributed by atoms with Crippen LogP contribution >= 0.6 is 0 Å². The largest absolute Gasteiger partial charge is 0.481 e. The van der Waals surface area contributed by atoms with E-state index in [9.17, 15) is 9.90 Å². The molecular formula is C14H24O2. The van der Waals surface area contributed by atoms with E-state index >= 15 is 0 Å². The van der Waals surface area contributed by atoms with Gasteiger partial charge in [0.25, 0.3) is 0 Å². The molecule has 0 radical (unpaired) electrons. The molecule has 0 spiro atoms. The van der Waals surface area contributed by atoms with Crippen LogP contribution in [0.4, 0.5) is 0 Å². The molecule has 0 aromatic heterocycles. The lowest BCUT2D eigenvalue weighted by molar-refractivity contribution is -0.148. The van der Waals surface area contributed by atoms with E-state index in [0.717, 1.165) is 25.2 Å². The second-order valence-corrected chi connectivity index (χ2v) is 6.87. The molecule has 2 saturated carbocycles. The quantitative estimate of drug-likeness (QED) is 0.737. The maximum Gasteiger partial charge on any atom is 0.306 e. The first kappa shape index (κ1) is 11.9. The van der Waals surface area contributed by atoms with Crippen LogP contribution in [0.2, 0.25) is 0 Å². The summed E-state index contributed by atoms with van der Waals surface area (Å²) >= 11 is 0. The van der Waals surface area contributed by atoms with Gasteiger partial charge in [0.2, 0.25) is 0 Å². The summed E-state index contributed by atoms with van der Waals surface area (Å²) in [5, 5.41) is 9.17.